The van der Waals surface area contributed by atoms with Crippen molar-refractivity contribution in [3.05, 3.63) is 40.9 Å². The largest absolute Gasteiger partial charge is 0.353 e. The molecule has 0 spiro atoms. The first kappa shape index (κ1) is 12.9. The van der Waals surface area contributed by atoms with E-state index in [0.29, 0.717) is 16.7 Å². The third-order valence-corrected chi connectivity index (χ3v) is 2.73. The molecule has 1 heterocycles. The molecule has 1 N–H and O–H groups in total. The number of halogens is 2. The Morgan fingerprint density at radius 3 is 2.78 bits per heavy atom. The summed E-state index contributed by atoms with van der Waals surface area (Å²) in [4.78, 5) is 4.37. The first-order valence-electron chi connectivity index (χ1n) is 5.75. The van der Waals surface area contributed by atoms with Crippen molar-refractivity contribution in [1.82, 2.24) is 9.55 Å². The number of hydrogen-bond acceptors (Lipinski definition) is 2. The molecule has 96 valence electrons. The fraction of sp³-hybridized carbons (Fsp3) is 0.308. The van der Waals surface area contributed by atoms with E-state index in [9.17, 15) is 4.39 Å². The van der Waals surface area contributed by atoms with Crippen molar-refractivity contribution in [2.75, 3.05) is 5.32 Å². The highest BCUT2D eigenvalue weighted by Crippen LogP contribution is 2.25. The minimum Gasteiger partial charge on any atom is -0.353 e. The van der Waals surface area contributed by atoms with Crippen LogP contribution >= 0.6 is 11.6 Å². The smallest absolute Gasteiger partial charge is 0.207 e. The Bertz CT molecular complexity index is 563. The van der Waals surface area contributed by atoms with Gasteiger partial charge in [0.1, 0.15) is 5.82 Å². The van der Waals surface area contributed by atoms with E-state index in [4.69, 9.17) is 11.6 Å². The lowest BCUT2D eigenvalue weighted by Crippen LogP contribution is -2.14. The number of nitrogens with one attached hydrogen (secondary N) is 1. The molecule has 0 saturated heterocycles. The second-order valence-corrected chi connectivity index (χ2v) is 4.88. The Hall–Kier alpha value is -1.55. The highest BCUT2D eigenvalue weighted by Gasteiger charge is 2.12. The maximum absolute atomic E-state index is 13.3. The van der Waals surface area contributed by atoms with Crippen LogP contribution in [0.15, 0.2) is 24.4 Å². The average Bonchev–Trinajstić information content (AvgIpc) is 2.62. The summed E-state index contributed by atoms with van der Waals surface area (Å²) in [6.07, 6.45) is 1.82. The summed E-state index contributed by atoms with van der Waals surface area (Å²) in [7, 11) is 0. The lowest BCUT2D eigenvalue weighted by atomic mass is 10.3. The normalized spacial score (nSPS) is 11.0. The molecule has 5 heteroatoms. The Labute approximate surface area is 111 Å². The van der Waals surface area contributed by atoms with Gasteiger partial charge in [0.2, 0.25) is 5.95 Å². The molecule has 0 fully saturated rings. The molecule has 0 aliphatic rings. The van der Waals surface area contributed by atoms with Gasteiger partial charge in [-0.3, -0.25) is 4.57 Å². The molecule has 0 aliphatic carbocycles. The fourth-order valence-corrected chi connectivity index (χ4v) is 1.92. The maximum atomic E-state index is 13.3. The molecule has 0 saturated carbocycles. The van der Waals surface area contributed by atoms with Crippen LogP contribution in [-0.2, 0) is 0 Å². The number of rotatable bonds is 3. The molecule has 0 atom stereocenters. The summed E-state index contributed by atoms with van der Waals surface area (Å²) < 4.78 is 15.1. The van der Waals surface area contributed by atoms with Crippen LogP contribution in [0.3, 0.4) is 0 Å². The second-order valence-electron chi connectivity index (χ2n) is 4.47. The van der Waals surface area contributed by atoms with Gasteiger partial charge in [-0.05, 0) is 39.0 Å². The van der Waals surface area contributed by atoms with Crippen molar-refractivity contribution < 1.29 is 4.39 Å². The van der Waals surface area contributed by atoms with Crippen molar-refractivity contribution in [3.8, 4) is 5.69 Å². The third-order valence-electron chi connectivity index (χ3n) is 2.41. The van der Waals surface area contributed by atoms with Crippen molar-refractivity contribution in [2.24, 2.45) is 0 Å². The predicted molar refractivity (Wildman–Crippen MR) is 72.0 cm³/mol. The van der Waals surface area contributed by atoms with E-state index in [0.717, 1.165) is 5.69 Å². The van der Waals surface area contributed by atoms with Gasteiger partial charge in [0, 0.05) is 12.2 Å². The Balaban J connectivity index is 2.52. The minimum absolute atomic E-state index is 0.234. The maximum Gasteiger partial charge on any atom is 0.207 e. The van der Waals surface area contributed by atoms with Crippen LogP contribution in [0.2, 0.25) is 5.02 Å². The van der Waals surface area contributed by atoms with Crippen LogP contribution in [0.4, 0.5) is 10.3 Å². The highest BCUT2D eigenvalue weighted by molar-refractivity contribution is 6.32. The van der Waals surface area contributed by atoms with Crippen molar-refractivity contribution >= 4 is 17.5 Å². The van der Waals surface area contributed by atoms with E-state index >= 15 is 0 Å². The van der Waals surface area contributed by atoms with Gasteiger partial charge in [0.15, 0.2) is 0 Å². The minimum atomic E-state index is -0.323. The summed E-state index contributed by atoms with van der Waals surface area (Å²) in [6.45, 7) is 5.91. The summed E-state index contributed by atoms with van der Waals surface area (Å²) >= 11 is 6.11. The lowest BCUT2D eigenvalue weighted by molar-refractivity contribution is 0.626. The molecule has 1 aromatic heterocycles. The van der Waals surface area contributed by atoms with E-state index in [1.54, 1.807) is 10.6 Å². The van der Waals surface area contributed by atoms with Gasteiger partial charge in [-0.1, -0.05) is 11.6 Å². The zero-order valence-electron chi connectivity index (χ0n) is 10.5. The topological polar surface area (TPSA) is 29.9 Å². The van der Waals surface area contributed by atoms with E-state index < -0.39 is 0 Å². The number of anilines is 1. The Kier molecular flexibility index (Phi) is 3.57. The zero-order chi connectivity index (χ0) is 13.3. The molecule has 0 aliphatic heterocycles. The van der Waals surface area contributed by atoms with Gasteiger partial charge in [-0.2, -0.15) is 0 Å². The standard InChI is InChI=1S/C13H15ClFN3/c1-8(2)16-13-17-9(3)7-18(13)12-6-10(15)4-5-11(12)14/h4-8H,1-3H3,(H,16,17). The van der Waals surface area contributed by atoms with Crippen LogP contribution in [0.25, 0.3) is 5.69 Å². The Morgan fingerprint density at radius 2 is 2.11 bits per heavy atom. The van der Waals surface area contributed by atoms with Crippen LogP contribution in [0.1, 0.15) is 19.5 Å². The van der Waals surface area contributed by atoms with E-state index in [1.807, 2.05) is 27.0 Å². The lowest BCUT2D eigenvalue weighted by Gasteiger charge is -2.13. The van der Waals surface area contributed by atoms with E-state index in [2.05, 4.69) is 10.3 Å². The number of aryl methyl sites for hydroxylation is 1. The van der Waals surface area contributed by atoms with Crippen molar-refractivity contribution in [3.63, 3.8) is 0 Å². The number of imidazole rings is 1. The molecule has 0 bridgehead atoms. The van der Waals surface area contributed by atoms with Crippen LogP contribution in [0, 0.1) is 12.7 Å². The van der Waals surface area contributed by atoms with Crippen LogP contribution in [-0.4, -0.2) is 15.6 Å². The number of nitrogens with zero attached hydrogens (tertiary/aromatic N) is 2. The van der Waals surface area contributed by atoms with Gasteiger partial charge in [0.05, 0.1) is 16.4 Å². The second kappa shape index (κ2) is 4.98. The van der Waals surface area contributed by atoms with Crippen molar-refractivity contribution in [2.45, 2.75) is 26.8 Å². The Morgan fingerprint density at radius 1 is 1.39 bits per heavy atom. The molecule has 0 radical (unpaired) electrons. The molecule has 2 aromatic rings. The predicted octanol–water partition coefficient (Wildman–Crippen LogP) is 3.79. The third kappa shape index (κ3) is 2.64. The van der Waals surface area contributed by atoms with E-state index in [-0.39, 0.29) is 11.9 Å². The molecular formula is C13H15ClFN3. The first-order chi connectivity index (χ1) is 8.47. The summed E-state index contributed by atoms with van der Waals surface area (Å²) in [5, 5.41) is 3.70. The molecule has 3 nitrogen and oxygen atoms in total. The SMILES string of the molecule is Cc1cn(-c2cc(F)ccc2Cl)c(NC(C)C)n1. The van der Waals surface area contributed by atoms with Gasteiger partial charge in [-0.15, -0.1) is 0 Å². The zero-order valence-corrected chi connectivity index (χ0v) is 11.3. The highest BCUT2D eigenvalue weighted by atomic mass is 35.5. The van der Waals surface area contributed by atoms with Crippen LogP contribution in [0.5, 0.6) is 0 Å². The molecular weight excluding hydrogens is 253 g/mol. The van der Waals surface area contributed by atoms with Crippen molar-refractivity contribution in [1.29, 1.82) is 0 Å². The summed E-state index contributed by atoms with van der Waals surface area (Å²) in [5.41, 5.74) is 1.43. The quantitative estimate of drug-likeness (QED) is 0.917. The number of benzene rings is 1. The molecule has 0 unspecified atom stereocenters. The fourth-order valence-electron chi connectivity index (χ4n) is 1.71. The number of hydrogen-bond donors (Lipinski definition) is 1. The van der Waals surface area contributed by atoms with Gasteiger partial charge < -0.3 is 5.32 Å². The molecule has 1 aromatic carbocycles. The van der Waals surface area contributed by atoms with Gasteiger partial charge >= 0.3 is 0 Å². The van der Waals surface area contributed by atoms with Gasteiger partial charge in [-0.25, -0.2) is 9.37 Å². The van der Waals surface area contributed by atoms with E-state index in [1.165, 1.54) is 12.1 Å². The molecule has 2 rings (SSSR count). The summed E-state index contributed by atoms with van der Waals surface area (Å²) in [5.74, 6) is 0.339. The number of aromatic nitrogens is 2. The molecule has 0 amide bonds. The van der Waals surface area contributed by atoms with Crippen LogP contribution < -0.4 is 5.32 Å². The first-order valence-corrected chi connectivity index (χ1v) is 6.13. The summed E-state index contributed by atoms with van der Waals surface area (Å²) in [6, 6.07) is 4.51. The monoisotopic (exact) mass is 267 g/mol. The molecule has 18 heavy (non-hydrogen) atoms. The van der Waals surface area contributed by atoms with Gasteiger partial charge in [0.25, 0.3) is 0 Å². The average molecular weight is 268 g/mol.